The van der Waals surface area contributed by atoms with Gasteiger partial charge in [0.2, 0.25) is 5.91 Å². The summed E-state index contributed by atoms with van der Waals surface area (Å²) in [4.78, 5) is 15.9. The number of carbonyl (C=O) groups excluding carboxylic acids is 1. The van der Waals surface area contributed by atoms with E-state index >= 15 is 0 Å². The Bertz CT molecular complexity index is 674. The van der Waals surface area contributed by atoms with Crippen LogP contribution in [0.5, 0.6) is 0 Å². The van der Waals surface area contributed by atoms with Crippen molar-refractivity contribution in [3.8, 4) is 11.3 Å². The van der Waals surface area contributed by atoms with Crippen LogP contribution in [0.15, 0.2) is 36.4 Å². The lowest BCUT2D eigenvalue weighted by Gasteiger charge is -2.35. The summed E-state index contributed by atoms with van der Waals surface area (Å²) in [5.74, 6) is 1.11. The first-order chi connectivity index (χ1) is 11.7. The third kappa shape index (κ3) is 3.55. The average Bonchev–Trinajstić information content (AvgIpc) is 2.68. The predicted molar refractivity (Wildman–Crippen MR) is 95.9 cm³/mol. The highest BCUT2D eigenvalue weighted by molar-refractivity contribution is 5.76. The topological polar surface area (TPSA) is 49.3 Å². The zero-order valence-corrected chi connectivity index (χ0v) is 14.4. The van der Waals surface area contributed by atoms with Crippen LogP contribution in [-0.4, -0.2) is 47.2 Å². The van der Waals surface area contributed by atoms with E-state index in [0.29, 0.717) is 6.42 Å². The Kier molecular flexibility index (Phi) is 5.08. The first-order valence-corrected chi connectivity index (χ1v) is 8.67. The fraction of sp³-hybridized carbons (Fsp3) is 0.421. The van der Waals surface area contributed by atoms with E-state index in [1.165, 1.54) is 5.56 Å². The van der Waals surface area contributed by atoms with Crippen LogP contribution in [0, 0.1) is 0 Å². The Morgan fingerprint density at radius 1 is 0.958 bits per heavy atom. The second-order valence-corrected chi connectivity index (χ2v) is 6.05. The maximum atomic E-state index is 11.7. The highest BCUT2D eigenvalue weighted by atomic mass is 16.2. The number of amides is 1. The number of nitrogens with zero attached hydrogens (tertiary/aromatic N) is 4. The van der Waals surface area contributed by atoms with E-state index in [-0.39, 0.29) is 5.91 Å². The van der Waals surface area contributed by atoms with Crippen molar-refractivity contribution in [2.45, 2.75) is 26.7 Å². The molecule has 1 amide bonds. The number of hydrogen-bond acceptors (Lipinski definition) is 4. The van der Waals surface area contributed by atoms with Crippen molar-refractivity contribution < 1.29 is 4.79 Å². The molecule has 1 aromatic heterocycles. The molecule has 0 N–H and O–H groups in total. The van der Waals surface area contributed by atoms with Gasteiger partial charge in [0, 0.05) is 38.2 Å². The number of piperazine rings is 1. The van der Waals surface area contributed by atoms with Gasteiger partial charge in [-0.15, -0.1) is 10.2 Å². The third-order valence-electron chi connectivity index (χ3n) is 4.57. The second-order valence-electron chi connectivity index (χ2n) is 6.05. The summed E-state index contributed by atoms with van der Waals surface area (Å²) >= 11 is 0. The van der Waals surface area contributed by atoms with Crippen molar-refractivity contribution in [1.82, 2.24) is 15.1 Å². The van der Waals surface area contributed by atoms with Crippen molar-refractivity contribution in [2.75, 3.05) is 31.1 Å². The Labute approximate surface area is 143 Å². The van der Waals surface area contributed by atoms with Crippen LogP contribution in [0.3, 0.4) is 0 Å². The lowest BCUT2D eigenvalue weighted by molar-refractivity contribution is -0.131. The molecule has 0 atom stereocenters. The molecule has 0 bridgehead atoms. The van der Waals surface area contributed by atoms with Gasteiger partial charge in [-0.25, -0.2) is 0 Å². The molecule has 3 rings (SSSR count). The maximum Gasteiger partial charge on any atom is 0.222 e. The molecule has 0 unspecified atom stereocenters. The van der Waals surface area contributed by atoms with Gasteiger partial charge in [-0.3, -0.25) is 4.79 Å². The maximum absolute atomic E-state index is 11.7. The van der Waals surface area contributed by atoms with E-state index in [4.69, 9.17) is 0 Å². The summed E-state index contributed by atoms with van der Waals surface area (Å²) in [5, 5.41) is 8.76. The van der Waals surface area contributed by atoms with Crippen LogP contribution in [-0.2, 0) is 11.2 Å². The minimum atomic E-state index is 0.228. The predicted octanol–water partition coefficient (Wildman–Crippen LogP) is 2.76. The van der Waals surface area contributed by atoms with Gasteiger partial charge < -0.3 is 9.80 Å². The number of carbonyl (C=O) groups is 1. The lowest BCUT2D eigenvalue weighted by atomic mass is 10.1. The molecule has 5 heteroatoms. The van der Waals surface area contributed by atoms with Gasteiger partial charge >= 0.3 is 0 Å². The van der Waals surface area contributed by atoms with Crippen LogP contribution >= 0.6 is 0 Å². The largest absolute Gasteiger partial charge is 0.352 e. The highest BCUT2D eigenvalue weighted by Gasteiger charge is 2.20. The van der Waals surface area contributed by atoms with Crippen LogP contribution in [0.1, 0.15) is 25.8 Å². The molecule has 2 aromatic rings. The fourth-order valence-corrected chi connectivity index (χ4v) is 2.97. The Morgan fingerprint density at radius 3 is 2.21 bits per heavy atom. The fourth-order valence-electron chi connectivity index (χ4n) is 2.97. The normalized spacial score (nSPS) is 14.8. The van der Waals surface area contributed by atoms with Crippen molar-refractivity contribution in [3.05, 3.63) is 42.0 Å². The number of aromatic nitrogens is 2. The number of benzene rings is 1. The zero-order chi connectivity index (χ0) is 16.9. The molecule has 24 heavy (non-hydrogen) atoms. The average molecular weight is 324 g/mol. The summed E-state index contributed by atoms with van der Waals surface area (Å²) in [6.45, 7) is 7.20. The third-order valence-corrected chi connectivity index (χ3v) is 4.57. The van der Waals surface area contributed by atoms with Crippen LogP contribution in [0.4, 0.5) is 5.82 Å². The monoisotopic (exact) mass is 324 g/mol. The van der Waals surface area contributed by atoms with Crippen LogP contribution < -0.4 is 4.90 Å². The number of rotatable bonds is 4. The molecule has 0 spiro atoms. The zero-order valence-electron chi connectivity index (χ0n) is 14.4. The first-order valence-electron chi connectivity index (χ1n) is 8.67. The Balaban J connectivity index is 1.65. The molecular weight excluding hydrogens is 300 g/mol. The number of anilines is 1. The molecule has 1 aromatic carbocycles. The minimum Gasteiger partial charge on any atom is -0.352 e. The minimum absolute atomic E-state index is 0.228. The van der Waals surface area contributed by atoms with E-state index in [2.05, 4.69) is 46.3 Å². The van der Waals surface area contributed by atoms with Crippen LogP contribution in [0.25, 0.3) is 11.3 Å². The quantitative estimate of drug-likeness (QED) is 0.868. The van der Waals surface area contributed by atoms with E-state index in [9.17, 15) is 4.79 Å². The van der Waals surface area contributed by atoms with Gasteiger partial charge in [0.05, 0.1) is 5.69 Å². The van der Waals surface area contributed by atoms with E-state index in [1.54, 1.807) is 0 Å². The van der Waals surface area contributed by atoms with E-state index in [1.807, 2.05) is 24.0 Å². The van der Waals surface area contributed by atoms with Gasteiger partial charge in [0.25, 0.3) is 0 Å². The van der Waals surface area contributed by atoms with Crippen molar-refractivity contribution >= 4 is 11.7 Å². The summed E-state index contributed by atoms with van der Waals surface area (Å²) in [5.41, 5.74) is 3.30. The summed E-state index contributed by atoms with van der Waals surface area (Å²) in [6.07, 6.45) is 1.61. The molecule has 0 radical (unpaired) electrons. The highest BCUT2D eigenvalue weighted by Crippen LogP contribution is 2.20. The molecule has 1 aliphatic rings. The standard InChI is InChI=1S/C19H24N4O/c1-3-15-5-7-16(8-6-15)17-9-10-18(21-20-17)22-11-13-23(14-12-22)19(24)4-2/h5-10H,3-4,11-14H2,1-2H3. The molecule has 0 aliphatic carbocycles. The van der Waals surface area contributed by atoms with Gasteiger partial charge in [-0.2, -0.15) is 0 Å². The number of aryl methyl sites for hydroxylation is 1. The Morgan fingerprint density at radius 2 is 1.67 bits per heavy atom. The van der Waals surface area contributed by atoms with Crippen molar-refractivity contribution in [2.24, 2.45) is 0 Å². The summed E-state index contributed by atoms with van der Waals surface area (Å²) in [7, 11) is 0. The lowest BCUT2D eigenvalue weighted by Crippen LogP contribution is -2.48. The number of hydrogen-bond donors (Lipinski definition) is 0. The van der Waals surface area contributed by atoms with Gasteiger partial charge in [0.1, 0.15) is 0 Å². The summed E-state index contributed by atoms with van der Waals surface area (Å²) < 4.78 is 0. The molecule has 1 saturated heterocycles. The van der Waals surface area contributed by atoms with E-state index in [0.717, 1.165) is 49.7 Å². The summed E-state index contributed by atoms with van der Waals surface area (Å²) in [6, 6.07) is 12.5. The van der Waals surface area contributed by atoms with E-state index < -0.39 is 0 Å². The Hall–Kier alpha value is -2.43. The van der Waals surface area contributed by atoms with Gasteiger partial charge in [-0.1, -0.05) is 38.1 Å². The molecule has 1 fully saturated rings. The molecule has 2 heterocycles. The van der Waals surface area contributed by atoms with Gasteiger partial charge in [0.15, 0.2) is 5.82 Å². The molecular formula is C19H24N4O. The molecule has 126 valence electrons. The van der Waals surface area contributed by atoms with Crippen molar-refractivity contribution in [3.63, 3.8) is 0 Å². The second kappa shape index (κ2) is 7.43. The first kappa shape index (κ1) is 16.4. The van der Waals surface area contributed by atoms with Crippen molar-refractivity contribution in [1.29, 1.82) is 0 Å². The van der Waals surface area contributed by atoms with Gasteiger partial charge in [-0.05, 0) is 24.1 Å². The molecule has 5 nitrogen and oxygen atoms in total. The molecule has 0 saturated carbocycles. The molecule has 1 aliphatic heterocycles. The van der Waals surface area contributed by atoms with Crippen LogP contribution in [0.2, 0.25) is 0 Å². The smallest absolute Gasteiger partial charge is 0.222 e. The SMILES string of the molecule is CCC(=O)N1CCN(c2ccc(-c3ccc(CC)cc3)nn2)CC1.